The van der Waals surface area contributed by atoms with Gasteiger partial charge in [0.15, 0.2) is 0 Å². The van der Waals surface area contributed by atoms with Crippen molar-refractivity contribution in [3.63, 3.8) is 0 Å². The van der Waals surface area contributed by atoms with Crippen LogP contribution >= 0.6 is 11.6 Å². The summed E-state index contributed by atoms with van der Waals surface area (Å²) in [6.45, 7) is 11.7. The zero-order valence-corrected chi connectivity index (χ0v) is 19.0. The van der Waals surface area contributed by atoms with E-state index in [-0.39, 0.29) is 11.6 Å². The fraction of sp³-hybridized carbons (Fsp3) is 1.00. The minimum absolute atomic E-state index is 0.261. The Morgan fingerprint density at radius 2 is 1.67 bits per heavy atom. The van der Waals surface area contributed by atoms with Crippen molar-refractivity contribution in [2.24, 2.45) is 47.3 Å². The van der Waals surface area contributed by atoms with E-state index < -0.39 is 0 Å². The molecule has 3 aliphatic rings. The molecular formula is C23H42ClNO2. The summed E-state index contributed by atoms with van der Waals surface area (Å²) in [6.07, 6.45) is 5.79. The number of aliphatic hydroxyl groups excluding tert-OH is 1. The highest BCUT2D eigenvalue weighted by molar-refractivity contribution is 6.20. The van der Waals surface area contributed by atoms with Crippen LogP contribution in [0, 0.1) is 47.3 Å². The SMILES string of the molecule is COC1C(C(C)C)CC(CC2C(O)NC3CCC(Cl)C(C)C32)C[C@@H]1C(C)C. The molecule has 0 aromatic carbocycles. The molecule has 1 saturated heterocycles. The van der Waals surface area contributed by atoms with Gasteiger partial charge in [0.05, 0.1) is 6.10 Å². The molecule has 2 saturated carbocycles. The molecule has 0 aromatic rings. The molecule has 2 N–H and O–H groups in total. The quantitative estimate of drug-likeness (QED) is 0.645. The average Bonchev–Trinajstić information content (AvgIpc) is 2.93. The maximum absolute atomic E-state index is 10.8. The second-order valence-electron chi connectivity index (χ2n) is 10.5. The van der Waals surface area contributed by atoms with Crippen molar-refractivity contribution in [1.29, 1.82) is 0 Å². The lowest BCUT2D eigenvalue weighted by molar-refractivity contribution is -0.0730. The molecule has 0 radical (unpaired) electrons. The van der Waals surface area contributed by atoms with Gasteiger partial charge in [0, 0.05) is 24.4 Å². The molecule has 2 aliphatic carbocycles. The Morgan fingerprint density at radius 3 is 2.19 bits per heavy atom. The summed E-state index contributed by atoms with van der Waals surface area (Å²) in [5.74, 6) is 4.54. The first-order chi connectivity index (χ1) is 12.7. The second-order valence-corrected chi connectivity index (χ2v) is 11.1. The molecule has 1 heterocycles. The van der Waals surface area contributed by atoms with Gasteiger partial charge < -0.3 is 9.84 Å². The number of aliphatic hydroxyl groups is 1. The third-order valence-electron chi connectivity index (χ3n) is 8.33. The maximum atomic E-state index is 10.8. The van der Waals surface area contributed by atoms with Crippen molar-refractivity contribution in [1.82, 2.24) is 5.32 Å². The number of rotatable bonds is 5. The molecule has 3 rings (SSSR count). The molecule has 3 fully saturated rings. The molecule has 4 heteroatoms. The van der Waals surface area contributed by atoms with E-state index in [1.807, 2.05) is 7.11 Å². The van der Waals surface area contributed by atoms with Crippen LogP contribution in [-0.4, -0.2) is 36.0 Å². The lowest BCUT2D eigenvalue weighted by atomic mass is 9.62. The Labute approximate surface area is 172 Å². The van der Waals surface area contributed by atoms with Crippen LogP contribution in [0.2, 0.25) is 0 Å². The smallest absolute Gasteiger partial charge is 0.108 e. The zero-order valence-electron chi connectivity index (χ0n) is 18.2. The highest BCUT2D eigenvalue weighted by Crippen LogP contribution is 2.49. The molecule has 3 nitrogen and oxygen atoms in total. The van der Waals surface area contributed by atoms with Gasteiger partial charge in [-0.05, 0) is 73.5 Å². The molecule has 10 atom stereocenters. The largest absolute Gasteiger partial charge is 0.381 e. The van der Waals surface area contributed by atoms with E-state index in [0.29, 0.717) is 59.5 Å². The monoisotopic (exact) mass is 399 g/mol. The third-order valence-corrected chi connectivity index (χ3v) is 8.94. The second kappa shape index (κ2) is 8.90. The summed E-state index contributed by atoms with van der Waals surface area (Å²) in [5.41, 5.74) is 0. The highest BCUT2D eigenvalue weighted by atomic mass is 35.5. The maximum Gasteiger partial charge on any atom is 0.108 e. The highest BCUT2D eigenvalue weighted by Gasteiger charge is 2.50. The minimum atomic E-state index is -0.362. The van der Waals surface area contributed by atoms with E-state index in [4.69, 9.17) is 16.3 Å². The van der Waals surface area contributed by atoms with E-state index in [1.54, 1.807) is 0 Å². The number of fused-ring (bicyclic) bond motifs is 1. The molecule has 9 unspecified atom stereocenters. The van der Waals surface area contributed by atoms with Crippen molar-refractivity contribution in [3.05, 3.63) is 0 Å². The number of hydrogen-bond donors (Lipinski definition) is 2. The number of methoxy groups -OCH3 is 1. The average molecular weight is 400 g/mol. The third kappa shape index (κ3) is 4.37. The summed E-state index contributed by atoms with van der Waals surface area (Å²) < 4.78 is 6.02. The molecule has 0 aromatic heterocycles. The van der Waals surface area contributed by atoms with E-state index in [9.17, 15) is 5.11 Å². The van der Waals surface area contributed by atoms with Gasteiger partial charge in [-0.3, -0.25) is 5.32 Å². The van der Waals surface area contributed by atoms with Gasteiger partial charge in [0.25, 0.3) is 0 Å². The van der Waals surface area contributed by atoms with Crippen LogP contribution in [0.4, 0.5) is 0 Å². The summed E-state index contributed by atoms with van der Waals surface area (Å²) in [7, 11) is 1.90. The Balaban J connectivity index is 1.75. The Bertz CT molecular complexity index is 465. The van der Waals surface area contributed by atoms with E-state index in [1.165, 1.54) is 12.8 Å². The van der Waals surface area contributed by atoms with Crippen LogP contribution in [0.1, 0.15) is 66.7 Å². The van der Waals surface area contributed by atoms with Gasteiger partial charge in [-0.15, -0.1) is 11.6 Å². The lowest BCUT2D eigenvalue weighted by Gasteiger charge is -2.46. The van der Waals surface area contributed by atoms with Crippen molar-refractivity contribution < 1.29 is 9.84 Å². The molecule has 27 heavy (non-hydrogen) atoms. The topological polar surface area (TPSA) is 41.5 Å². The first kappa shape index (κ1) is 21.9. The van der Waals surface area contributed by atoms with Crippen LogP contribution in [0.15, 0.2) is 0 Å². The standard InChI is InChI=1S/C23H42ClNO2/c1-12(2)16-9-15(10-17(13(3)4)22(16)27-6)11-18-21-14(5)19(24)7-8-20(21)25-23(18)26/h12-23,25-26H,7-11H2,1-6H3/t14?,15?,16-,17?,18?,19?,20?,21?,22?,23?/m1/s1. The molecule has 158 valence electrons. The molecule has 0 bridgehead atoms. The first-order valence-corrected chi connectivity index (χ1v) is 11.8. The van der Waals surface area contributed by atoms with Crippen LogP contribution in [0.5, 0.6) is 0 Å². The van der Waals surface area contributed by atoms with Crippen molar-refractivity contribution in [2.75, 3.05) is 7.11 Å². The number of nitrogens with one attached hydrogen (secondary N) is 1. The number of alkyl halides is 1. The zero-order chi connectivity index (χ0) is 19.9. The van der Waals surface area contributed by atoms with Gasteiger partial charge in [-0.25, -0.2) is 0 Å². The fourth-order valence-corrected chi connectivity index (χ4v) is 7.10. The Kier molecular flexibility index (Phi) is 7.21. The predicted molar refractivity (Wildman–Crippen MR) is 113 cm³/mol. The number of ether oxygens (including phenoxy) is 1. The Morgan fingerprint density at radius 1 is 1.07 bits per heavy atom. The lowest BCUT2D eigenvalue weighted by Crippen LogP contribution is -2.44. The minimum Gasteiger partial charge on any atom is -0.381 e. The van der Waals surface area contributed by atoms with Crippen molar-refractivity contribution >= 4 is 11.6 Å². The summed E-state index contributed by atoms with van der Waals surface area (Å²) >= 11 is 6.63. The molecule has 0 spiro atoms. The van der Waals surface area contributed by atoms with Gasteiger partial charge in [0.2, 0.25) is 0 Å². The molecule has 0 amide bonds. The fourth-order valence-electron chi connectivity index (χ4n) is 6.81. The molecule has 1 aliphatic heterocycles. The van der Waals surface area contributed by atoms with Gasteiger partial charge in [0.1, 0.15) is 6.23 Å². The van der Waals surface area contributed by atoms with Crippen molar-refractivity contribution in [2.45, 2.75) is 90.5 Å². The predicted octanol–water partition coefficient (Wildman–Crippen LogP) is 4.91. The Hall–Kier alpha value is 0.170. The van der Waals surface area contributed by atoms with Gasteiger partial charge >= 0.3 is 0 Å². The van der Waals surface area contributed by atoms with E-state index in [2.05, 4.69) is 39.9 Å². The van der Waals surface area contributed by atoms with Crippen LogP contribution in [0.3, 0.4) is 0 Å². The summed E-state index contributed by atoms with van der Waals surface area (Å²) in [5, 5.41) is 14.6. The van der Waals surface area contributed by atoms with Crippen LogP contribution in [0.25, 0.3) is 0 Å². The van der Waals surface area contributed by atoms with Crippen molar-refractivity contribution in [3.8, 4) is 0 Å². The number of halogens is 1. The van der Waals surface area contributed by atoms with E-state index >= 15 is 0 Å². The molecular weight excluding hydrogens is 358 g/mol. The summed E-state index contributed by atoms with van der Waals surface area (Å²) in [4.78, 5) is 0. The van der Waals surface area contributed by atoms with Crippen LogP contribution in [-0.2, 0) is 4.74 Å². The van der Waals surface area contributed by atoms with Crippen LogP contribution < -0.4 is 5.32 Å². The van der Waals surface area contributed by atoms with Gasteiger partial charge in [-0.1, -0.05) is 34.6 Å². The number of hydrogen-bond acceptors (Lipinski definition) is 3. The summed E-state index contributed by atoms with van der Waals surface area (Å²) in [6, 6.07) is 0.451. The van der Waals surface area contributed by atoms with Gasteiger partial charge in [-0.2, -0.15) is 0 Å². The van der Waals surface area contributed by atoms with E-state index in [0.717, 1.165) is 19.3 Å². The first-order valence-electron chi connectivity index (χ1n) is 11.4. The normalized spacial score (nSPS) is 48.2.